The van der Waals surface area contributed by atoms with Crippen LogP contribution in [-0.2, 0) is 16.1 Å². The van der Waals surface area contributed by atoms with Crippen LogP contribution >= 0.6 is 0 Å². The summed E-state index contributed by atoms with van der Waals surface area (Å²) in [5.74, 6) is -1.66. The number of carbonyl (C=O) groups excluding carboxylic acids is 2. The topological polar surface area (TPSA) is 75.9 Å². The Labute approximate surface area is 157 Å². The first-order valence-corrected chi connectivity index (χ1v) is 8.79. The second-order valence-corrected chi connectivity index (χ2v) is 6.44. The first-order valence-electron chi connectivity index (χ1n) is 8.79. The Morgan fingerprint density at radius 1 is 1.04 bits per heavy atom. The molecule has 3 rings (SSSR count). The van der Waals surface area contributed by atoms with E-state index < -0.39 is 11.7 Å². The van der Waals surface area contributed by atoms with Crippen LogP contribution in [0.15, 0.2) is 48.5 Å². The Morgan fingerprint density at radius 3 is 2.37 bits per heavy atom. The van der Waals surface area contributed by atoms with Crippen LogP contribution in [0.2, 0.25) is 0 Å². The van der Waals surface area contributed by atoms with Gasteiger partial charge in [-0.1, -0.05) is 30.3 Å². The molecule has 0 saturated carbocycles. The minimum Gasteiger partial charge on any atom is -0.460 e. The number of ether oxygens (including phenoxy) is 1. The standard InChI is InChI=1S/C20H22FN3O3/c21-18-12-16(6-7-17(18)20(22)26)24-10-8-23(9-11-24)13-19(25)27-14-15-4-2-1-3-5-15/h1-7,12H,8-11,13-14H2,(H2,22,26). The maximum atomic E-state index is 13.9. The predicted molar refractivity (Wildman–Crippen MR) is 99.8 cm³/mol. The minimum atomic E-state index is -0.780. The Hall–Kier alpha value is -2.93. The summed E-state index contributed by atoms with van der Waals surface area (Å²) < 4.78 is 19.2. The Balaban J connectivity index is 1.46. The fourth-order valence-corrected chi connectivity index (χ4v) is 3.03. The molecule has 0 bridgehead atoms. The summed E-state index contributed by atoms with van der Waals surface area (Å²) in [4.78, 5) is 27.2. The molecule has 0 unspecified atom stereocenters. The van der Waals surface area contributed by atoms with Crippen molar-refractivity contribution in [2.24, 2.45) is 5.73 Å². The summed E-state index contributed by atoms with van der Waals surface area (Å²) >= 11 is 0. The summed E-state index contributed by atoms with van der Waals surface area (Å²) in [6.45, 7) is 3.14. The van der Waals surface area contributed by atoms with Crippen molar-refractivity contribution in [3.63, 3.8) is 0 Å². The number of benzene rings is 2. The molecule has 7 heteroatoms. The number of primary amides is 1. The van der Waals surface area contributed by atoms with Gasteiger partial charge in [-0.25, -0.2) is 4.39 Å². The monoisotopic (exact) mass is 371 g/mol. The van der Waals surface area contributed by atoms with Gasteiger partial charge in [0.25, 0.3) is 5.91 Å². The summed E-state index contributed by atoms with van der Waals surface area (Å²) in [5.41, 5.74) is 6.67. The average molecular weight is 371 g/mol. The van der Waals surface area contributed by atoms with Crippen molar-refractivity contribution < 1.29 is 18.7 Å². The molecular weight excluding hydrogens is 349 g/mol. The predicted octanol–water partition coefficient (Wildman–Crippen LogP) is 1.79. The van der Waals surface area contributed by atoms with E-state index in [0.717, 1.165) is 5.56 Å². The average Bonchev–Trinajstić information content (AvgIpc) is 2.67. The molecule has 142 valence electrons. The zero-order valence-corrected chi connectivity index (χ0v) is 14.9. The lowest BCUT2D eigenvalue weighted by atomic mass is 10.1. The number of nitrogens with two attached hydrogens (primary N) is 1. The van der Waals surface area contributed by atoms with E-state index in [4.69, 9.17) is 10.5 Å². The molecule has 2 aromatic carbocycles. The van der Waals surface area contributed by atoms with E-state index in [9.17, 15) is 14.0 Å². The van der Waals surface area contributed by atoms with Gasteiger partial charge in [0, 0.05) is 31.9 Å². The van der Waals surface area contributed by atoms with E-state index in [-0.39, 0.29) is 24.7 Å². The van der Waals surface area contributed by atoms with Gasteiger partial charge in [0.1, 0.15) is 12.4 Å². The zero-order valence-electron chi connectivity index (χ0n) is 14.9. The number of nitrogens with zero attached hydrogens (tertiary/aromatic N) is 2. The first kappa shape index (κ1) is 18.8. The lowest BCUT2D eigenvalue weighted by molar-refractivity contribution is -0.146. The van der Waals surface area contributed by atoms with E-state index in [1.807, 2.05) is 40.1 Å². The number of hydrogen-bond donors (Lipinski definition) is 1. The largest absolute Gasteiger partial charge is 0.460 e. The van der Waals surface area contributed by atoms with Gasteiger partial charge < -0.3 is 15.4 Å². The molecule has 1 fully saturated rings. The molecule has 0 radical (unpaired) electrons. The Kier molecular flexibility index (Phi) is 6.03. The van der Waals surface area contributed by atoms with E-state index in [1.165, 1.54) is 12.1 Å². The number of anilines is 1. The number of piperazine rings is 1. The van der Waals surface area contributed by atoms with Crippen LogP contribution in [0, 0.1) is 5.82 Å². The molecule has 0 spiro atoms. The van der Waals surface area contributed by atoms with Crippen LogP contribution in [0.4, 0.5) is 10.1 Å². The van der Waals surface area contributed by atoms with E-state index in [0.29, 0.717) is 31.9 Å². The van der Waals surface area contributed by atoms with Gasteiger partial charge in [0.05, 0.1) is 12.1 Å². The van der Waals surface area contributed by atoms with E-state index in [2.05, 4.69) is 0 Å². The number of halogens is 1. The quantitative estimate of drug-likeness (QED) is 0.784. The van der Waals surface area contributed by atoms with Crippen molar-refractivity contribution in [3.05, 3.63) is 65.5 Å². The van der Waals surface area contributed by atoms with Crippen molar-refractivity contribution >= 4 is 17.6 Å². The molecule has 1 heterocycles. The summed E-state index contributed by atoms with van der Waals surface area (Å²) in [6, 6.07) is 14.0. The number of rotatable bonds is 6. The Morgan fingerprint density at radius 2 is 1.74 bits per heavy atom. The van der Waals surface area contributed by atoms with Gasteiger partial charge in [0.2, 0.25) is 0 Å². The van der Waals surface area contributed by atoms with Crippen LogP contribution in [0.3, 0.4) is 0 Å². The first-order chi connectivity index (χ1) is 13.0. The highest BCUT2D eigenvalue weighted by Crippen LogP contribution is 2.20. The van der Waals surface area contributed by atoms with Gasteiger partial charge in [-0.05, 0) is 23.8 Å². The van der Waals surface area contributed by atoms with Crippen molar-refractivity contribution in [3.8, 4) is 0 Å². The van der Waals surface area contributed by atoms with Crippen molar-refractivity contribution in [2.45, 2.75) is 6.61 Å². The number of amides is 1. The third kappa shape index (κ3) is 5.04. The maximum absolute atomic E-state index is 13.9. The third-order valence-corrected chi connectivity index (χ3v) is 4.55. The molecule has 1 aliphatic heterocycles. The van der Waals surface area contributed by atoms with Crippen molar-refractivity contribution in [1.29, 1.82) is 0 Å². The summed E-state index contributed by atoms with van der Waals surface area (Å²) in [7, 11) is 0. The van der Waals surface area contributed by atoms with Gasteiger partial charge >= 0.3 is 5.97 Å². The molecule has 0 aliphatic carbocycles. The molecule has 1 amide bonds. The highest BCUT2D eigenvalue weighted by molar-refractivity contribution is 5.93. The highest BCUT2D eigenvalue weighted by Gasteiger charge is 2.21. The molecule has 0 atom stereocenters. The Bertz CT molecular complexity index is 805. The van der Waals surface area contributed by atoms with E-state index in [1.54, 1.807) is 6.07 Å². The number of esters is 1. The van der Waals surface area contributed by atoms with Gasteiger partial charge in [0.15, 0.2) is 0 Å². The second-order valence-electron chi connectivity index (χ2n) is 6.44. The highest BCUT2D eigenvalue weighted by atomic mass is 19.1. The van der Waals surface area contributed by atoms with Crippen molar-refractivity contribution in [1.82, 2.24) is 4.90 Å². The zero-order chi connectivity index (χ0) is 19.2. The molecule has 1 aliphatic rings. The van der Waals surface area contributed by atoms with Gasteiger partial charge in [-0.15, -0.1) is 0 Å². The molecular formula is C20H22FN3O3. The SMILES string of the molecule is NC(=O)c1ccc(N2CCN(CC(=O)OCc3ccccc3)CC2)cc1F. The smallest absolute Gasteiger partial charge is 0.320 e. The second kappa shape index (κ2) is 8.64. The van der Waals surface area contributed by atoms with Crippen LogP contribution in [0.1, 0.15) is 15.9 Å². The molecule has 0 aromatic heterocycles. The number of carbonyl (C=O) groups is 2. The fourth-order valence-electron chi connectivity index (χ4n) is 3.03. The molecule has 2 N–H and O–H groups in total. The molecule has 1 saturated heterocycles. The van der Waals surface area contributed by atoms with Crippen LogP contribution in [0.5, 0.6) is 0 Å². The normalized spacial score (nSPS) is 14.8. The molecule has 6 nitrogen and oxygen atoms in total. The lowest BCUT2D eigenvalue weighted by Gasteiger charge is -2.35. The summed E-state index contributed by atoms with van der Waals surface area (Å²) in [5, 5.41) is 0. The van der Waals surface area contributed by atoms with Gasteiger partial charge in [-0.2, -0.15) is 0 Å². The van der Waals surface area contributed by atoms with E-state index >= 15 is 0 Å². The lowest BCUT2D eigenvalue weighted by Crippen LogP contribution is -2.48. The third-order valence-electron chi connectivity index (χ3n) is 4.55. The number of hydrogen-bond acceptors (Lipinski definition) is 5. The van der Waals surface area contributed by atoms with Gasteiger partial charge in [-0.3, -0.25) is 14.5 Å². The van der Waals surface area contributed by atoms with Crippen LogP contribution in [-0.4, -0.2) is 49.5 Å². The minimum absolute atomic E-state index is 0.112. The van der Waals surface area contributed by atoms with Crippen molar-refractivity contribution in [2.75, 3.05) is 37.6 Å². The van der Waals surface area contributed by atoms with Crippen LogP contribution in [0.25, 0.3) is 0 Å². The molecule has 27 heavy (non-hydrogen) atoms. The fraction of sp³-hybridized carbons (Fsp3) is 0.300. The summed E-state index contributed by atoms with van der Waals surface area (Å²) in [6.07, 6.45) is 0. The molecule has 2 aromatic rings. The maximum Gasteiger partial charge on any atom is 0.320 e. The van der Waals surface area contributed by atoms with Crippen LogP contribution < -0.4 is 10.6 Å².